The Balaban J connectivity index is 0.000000303. The van der Waals surface area contributed by atoms with Gasteiger partial charge in [0.25, 0.3) is 0 Å². The molecule has 2 rings (SSSR count). The molecule has 0 aliphatic carbocycles. The molecular formula is C22H32O8. The normalized spacial score (nSPS) is 10.1. The lowest BCUT2D eigenvalue weighted by Gasteiger charge is -2.15. The Morgan fingerprint density at radius 1 is 0.733 bits per heavy atom. The van der Waals surface area contributed by atoms with Crippen LogP contribution in [0.15, 0.2) is 12.1 Å². The highest BCUT2D eigenvalue weighted by Crippen LogP contribution is 2.42. The van der Waals surface area contributed by atoms with Crippen molar-refractivity contribution in [1.82, 2.24) is 0 Å². The maximum absolute atomic E-state index is 10.0. The Kier molecular flexibility index (Phi) is 10.1. The van der Waals surface area contributed by atoms with Crippen LogP contribution in [0.1, 0.15) is 29.2 Å². The van der Waals surface area contributed by atoms with Crippen molar-refractivity contribution in [3.05, 3.63) is 34.4 Å². The summed E-state index contributed by atoms with van der Waals surface area (Å²) in [7, 11) is 5.97. The van der Waals surface area contributed by atoms with Gasteiger partial charge in [-0.2, -0.15) is 0 Å². The minimum absolute atomic E-state index is 0.0631. The largest absolute Gasteiger partial charge is 0.504 e. The lowest BCUT2D eigenvalue weighted by molar-refractivity contribution is 0.131. The molecular weight excluding hydrogens is 392 g/mol. The zero-order valence-corrected chi connectivity index (χ0v) is 18.7. The van der Waals surface area contributed by atoms with Gasteiger partial charge in [-0.3, -0.25) is 0 Å². The van der Waals surface area contributed by atoms with E-state index in [9.17, 15) is 10.2 Å². The van der Waals surface area contributed by atoms with Crippen LogP contribution < -0.4 is 18.9 Å². The van der Waals surface area contributed by atoms with Crippen LogP contribution in [0.4, 0.5) is 0 Å². The molecule has 2 aromatic rings. The minimum Gasteiger partial charge on any atom is -0.504 e. The number of hydrogen-bond acceptors (Lipinski definition) is 8. The molecule has 0 spiro atoms. The number of aromatic hydroxyl groups is 2. The number of rotatable bonds is 8. The standard InChI is InChI=1S/C12H18O4.C10H14O4/c1-5-16-7-9-8(2)6-10(14-3)12(15-4)11(9)13;1-6-4-8(13-2)10(14-3)9(12)7(6)5-11/h6,13H,5,7H2,1-4H3;4,11-12H,5H2,1-3H3. The topological polar surface area (TPSA) is 107 Å². The van der Waals surface area contributed by atoms with E-state index in [1.54, 1.807) is 20.1 Å². The lowest BCUT2D eigenvalue weighted by atomic mass is 10.1. The van der Waals surface area contributed by atoms with E-state index < -0.39 is 0 Å². The van der Waals surface area contributed by atoms with Crippen molar-refractivity contribution < 1.29 is 39.0 Å². The summed E-state index contributed by atoms with van der Waals surface area (Å²) in [5.74, 6) is 1.61. The van der Waals surface area contributed by atoms with Crippen LogP contribution in [0.5, 0.6) is 34.5 Å². The van der Waals surface area contributed by atoms with Gasteiger partial charge in [0.1, 0.15) is 0 Å². The Morgan fingerprint density at radius 3 is 1.53 bits per heavy atom. The molecule has 0 atom stereocenters. The molecule has 3 N–H and O–H groups in total. The zero-order valence-electron chi connectivity index (χ0n) is 18.7. The van der Waals surface area contributed by atoms with Crippen LogP contribution in [0.2, 0.25) is 0 Å². The molecule has 0 heterocycles. The maximum atomic E-state index is 10.0. The van der Waals surface area contributed by atoms with Crippen molar-refractivity contribution >= 4 is 0 Å². The number of methoxy groups -OCH3 is 4. The molecule has 8 heteroatoms. The number of aryl methyl sites for hydroxylation is 2. The van der Waals surface area contributed by atoms with E-state index in [0.29, 0.717) is 36.0 Å². The van der Waals surface area contributed by atoms with Crippen molar-refractivity contribution in [2.24, 2.45) is 0 Å². The molecule has 0 bridgehead atoms. The third kappa shape index (κ3) is 5.61. The second-order valence-electron chi connectivity index (χ2n) is 6.31. The first kappa shape index (κ1) is 25.2. The molecule has 0 unspecified atom stereocenters. The van der Waals surface area contributed by atoms with Gasteiger partial charge in [-0.25, -0.2) is 0 Å². The molecule has 0 saturated heterocycles. The van der Waals surface area contributed by atoms with Crippen LogP contribution in [-0.4, -0.2) is 50.4 Å². The second-order valence-corrected chi connectivity index (χ2v) is 6.31. The first-order valence-electron chi connectivity index (χ1n) is 9.36. The Labute approximate surface area is 177 Å². The van der Waals surface area contributed by atoms with E-state index in [2.05, 4.69) is 0 Å². The van der Waals surface area contributed by atoms with Crippen LogP contribution in [-0.2, 0) is 18.0 Å². The molecule has 0 aliphatic heterocycles. The molecule has 0 fully saturated rings. The second kappa shape index (κ2) is 12.0. The van der Waals surface area contributed by atoms with Crippen LogP contribution in [0.25, 0.3) is 0 Å². The predicted molar refractivity (Wildman–Crippen MR) is 113 cm³/mol. The third-order valence-electron chi connectivity index (χ3n) is 4.55. The van der Waals surface area contributed by atoms with Gasteiger partial charge >= 0.3 is 0 Å². The summed E-state index contributed by atoms with van der Waals surface area (Å²) < 4.78 is 25.6. The summed E-state index contributed by atoms with van der Waals surface area (Å²) in [6.07, 6.45) is 0. The Morgan fingerprint density at radius 2 is 1.17 bits per heavy atom. The Bertz CT molecular complexity index is 833. The van der Waals surface area contributed by atoms with E-state index in [1.165, 1.54) is 21.3 Å². The highest BCUT2D eigenvalue weighted by atomic mass is 16.5. The fraction of sp³-hybridized carbons (Fsp3) is 0.455. The quantitative estimate of drug-likeness (QED) is 0.591. The van der Waals surface area contributed by atoms with Crippen LogP contribution in [0.3, 0.4) is 0 Å². The van der Waals surface area contributed by atoms with Gasteiger partial charge in [0, 0.05) is 17.7 Å². The van der Waals surface area contributed by atoms with Gasteiger partial charge in [0.2, 0.25) is 11.5 Å². The van der Waals surface area contributed by atoms with Crippen molar-refractivity contribution in [2.75, 3.05) is 35.0 Å². The molecule has 2 aromatic carbocycles. The summed E-state index contributed by atoms with van der Waals surface area (Å²) >= 11 is 0. The highest BCUT2D eigenvalue weighted by Gasteiger charge is 2.17. The molecule has 0 saturated carbocycles. The summed E-state index contributed by atoms with van der Waals surface area (Å²) in [5, 5.41) is 28.8. The van der Waals surface area contributed by atoms with Gasteiger partial charge < -0.3 is 39.0 Å². The lowest BCUT2D eigenvalue weighted by Crippen LogP contribution is -1.99. The number of aliphatic hydroxyl groups excluding tert-OH is 1. The van der Waals surface area contributed by atoms with E-state index >= 15 is 0 Å². The monoisotopic (exact) mass is 424 g/mol. The van der Waals surface area contributed by atoms with Gasteiger partial charge in [0.15, 0.2) is 23.0 Å². The fourth-order valence-electron chi connectivity index (χ4n) is 2.86. The van der Waals surface area contributed by atoms with Crippen LogP contribution >= 0.6 is 0 Å². The molecule has 168 valence electrons. The summed E-state index contributed by atoms with van der Waals surface area (Å²) in [6.45, 7) is 6.34. The number of phenols is 2. The summed E-state index contributed by atoms with van der Waals surface area (Å²) in [4.78, 5) is 0. The highest BCUT2D eigenvalue weighted by molar-refractivity contribution is 5.58. The summed E-state index contributed by atoms with van der Waals surface area (Å²) in [6, 6.07) is 3.54. The van der Waals surface area contributed by atoms with E-state index in [-0.39, 0.29) is 23.9 Å². The van der Waals surface area contributed by atoms with Crippen LogP contribution in [0, 0.1) is 13.8 Å². The van der Waals surface area contributed by atoms with Crippen molar-refractivity contribution in [3.8, 4) is 34.5 Å². The molecule has 0 radical (unpaired) electrons. The number of benzene rings is 2. The number of aliphatic hydroxyl groups is 1. The van der Waals surface area contributed by atoms with Gasteiger partial charge in [-0.1, -0.05) is 0 Å². The smallest absolute Gasteiger partial charge is 0.203 e. The molecule has 0 aliphatic rings. The average Bonchev–Trinajstić information content (AvgIpc) is 2.73. The van der Waals surface area contributed by atoms with Crippen molar-refractivity contribution in [2.45, 2.75) is 34.0 Å². The number of ether oxygens (including phenoxy) is 5. The minimum atomic E-state index is -0.224. The van der Waals surface area contributed by atoms with E-state index in [1.807, 2.05) is 19.9 Å². The summed E-state index contributed by atoms with van der Waals surface area (Å²) in [5.41, 5.74) is 2.88. The third-order valence-corrected chi connectivity index (χ3v) is 4.55. The average molecular weight is 424 g/mol. The first-order valence-corrected chi connectivity index (χ1v) is 9.36. The molecule has 30 heavy (non-hydrogen) atoms. The SMILES string of the molecule is CCOCc1c(C)cc(OC)c(OC)c1O.COc1cc(C)c(CO)c(O)c1OC. The zero-order chi connectivity index (χ0) is 22.8. The fourth-order valence-corrected chi connectivity index (χ4v) is 2.86. The number of phenolic OH excluding ortho intramolecular Hbond substituents is 1. The predicted octanol–water partition coefficient (Wildman–Crippen LogP) is 3.46. The van der Waals surface area contributed by atoms with Gasteiger partial charge in [0.05, 0.1) is 41.7 Å². The van der Waals surface area contributed by atoms with E-state index in [4.69, 9.17) is 28.8 Å². The molecule has 8 nitrogen and oxygen atoms in total. The Hall–Kier alpha value is -2.84. The number of hydrogen-bond donors (Lipinski definition) is 3. The van der Waals surface area contributed by atoms with Crippen molar-refractivity contribution in [1.29, 1.82) is 0 Å². The first-order chi connectivity index (χ1) is 14.3. The van der Waals surface area contributed by atoms with Gasteiger partial charge in [-0.15, -0.1) is 0 Å². The van der Waals surface area contributed by atoms with E-state index in [0.717, 1.165) is 16.7 Å². The van der Waals surface area contributed by atoms with Gasteiger partial charge in [-0.05, 0) is 44.0 Å². The van der Waals surface area contributed by atoms with Crippen molar-refractivity contribution in [3.63, 3.8) is 0 Å². The maximum Gasteiger partial charge on any atom is 0.203 e. The molecule has 0 amide bonds. The molecule has 0 aromatic heterocycles.